The average Bonchev–Trinajstić information content (AvgIpc) is 2.81. The van der Waals surface area contributed by atoms with Crippen LogP contribution in [0.3, 0.4) is 0 Å². The molecular weight excluding hydrogens is 268 g/mol. The van der Waals surface area contributed by atoms with E-state index in [0.29, 0.717) is 5.69 Å². The molecule has 0 radical (unpaired) electrons. The van der Waals surface area contributed by atoms with E-state index in [9.17, 15) is 4.79 Å². The van der Waals surface area contributed by atoms with Gasteiger partial charge in [0.15, 0.2) is 5.78 Å². The number of carbonyl (C=O) groups is 1. The molecule has 2 aromatic heterocycles. The van der Waals surface area contributed by atoms with E-state index in [2.05, 4.69) is 0 Å². The molecule has 4 rings (SSSR count). The van der Waals surface area contributed by atoms with Gasteiger partial charge in [-0.15, -0.1) is 11.3 Å². The summed E-state index contributed by atoms with van der Waals surface area (Å²) in [6.07, 6.45) is 6.49. The number of thiophene rings is 1. The van der Waals surface area contributed by atoms with Gasteiger partial charge in [-0.25, -0.2) is 4.98 Å². The smallest absolute Gasteiger partial charge is 0.169 e. The summed E-state index contributed by atoms with van der Waals surface area (Å²) in [4.78, 5) is 19.7. The second kappa shape index (κ2) is 4.29. The maximum absolute atomic E-state index is 12.5. The maximum atomic E-state index is 12.5. The molecule has 2 aromatic rings. The Morgan fingerprint density at radius 1 is 1.25 bits per heavy atom. The molecule has 1 unspecified atom stereocenters. The lowest BCUT2D eigenvalue weighted by Crippen LogP contribution is -2.23. The number of hydrogen-bond acceptors (Lipinski definition) is 4. The Morgan fingerprint density at radius 3 is 2.90 bits per heavy atom. The van der Waals surface area contributed by atoms with Crippen LogP contribution >= 0.6 is 11.3 Å². The zero-order chi connectivity index (χ0) is 13.9. The Bertz CT molecular complexity index is 732. The average molecular weight is 286 g/mol. The van der Waals surface area contributed by atoms with Gasteiger partial charge in [0.05, 0.1) is 16.9 Å². The van der Waals surface area contributed by atoms with E-state index in [1.807, 2.05) is 6.92 Å². The van der Waals surface area contributed by atoms with Gasteiger partial charge in [0.25, 0.3) is 0 Å². The van der Waals surface area contributed by atoms with E-state index in [1.54, 1.807) is 11.3 Å². The second-order valence-electron chi connectivity index (χ2n) is 6.04. The molecule has 2 heterocycles. The van der Waals surface area contributed by atoms with Gasteiger partial charge in [-0.05, 0) is 44.1 Å². The lowest BCUT2D eigenvalue weighted by molar-refractivity contribution is 0.0914. The third-order valence-corrected chi connectivity index (χ3v) is 5.91. The molecule has 2 aliphatic carbocycles. The van der Waals surface area contributed by atoms with Crippen molar-refractivity contribution in [2.75, 3.05) is 5.73 Å². The van der Waals surface area contributed by atoms with Crippen molar-refractivity contribution in [3.05, 3.63) is 21.7 Å². The molecule has 0 saturated heterocycles. The number of pyridine rings is 1. The molecule has 0 saturated carbocycles. The van der Waals surface area contributed by atoms with Gasteiger partial charge in [-0.3, -0.25) is 4.79 Å². The van der Waals surface area contributed by atoms with Crippen LogP contribution < -0.4 is 5.73 Å². The minimum Gasteiger partial charge on any atom is -0.398 e. The fourth-order valence-corrected chi connectivity index (χ4v) is 4.85. The molecule has 2 aliphatic rings. The Morgan fingerprint density at radius 2 is 2.05 bits per heavy atom. The Balaban J connectivity index is 2.04. The molecule has 20 heavy (non-hydrogen) atoms. The molecule has 0 aliphatic heterocycles. The molecule has 3 nitrogen and oxygen atoms in total. The van der Waals surface area contributed by atoms with Crippen molar-refractivity contribution >= 4 is 33.0 Å². The normalized spacial score (nSPS) is 21.9. The van der Waals surface area contributed by atoms with E-state index < -0.39 is 0 Å². The first-order valence-corrected chi connectivity index (χ1v) is 8.25. The number of rotatable bonds is 0. The van der Waals surface area contributed by atoms with Crippen molar-refractivity contribution in [3.63, 3.8) is 0 Å². The van der Waals surface area contributed by atoms with Crippen LogP contribution in [0.15, 0.2) is 0 Å². The molecule has 0 bridgehead atoms. The summed E-state index contributed by atoms with van der Waals surface area (Å²) in [5.41, 5.74) is 10.1. The first-order chi connectivity index (χ1) is 9.66. The highest BCUT2D eigenvalue weighted by atomic mass is 32.1. The van der Waals surface area contributed by atoms with Crippen molar-refractivity contribution in [2.45, 2.75) is 45.4 Å². The predicted molar refractivity (Wildman–Crippen MR) is 82.5 cm³/mol. The summed E-state index contributed by atoms with van der Waals surface area (Å²) in [6.45, 7) is 2.00. The van der Waals surface area contributed by atoms with E-state index in [0.717, 1.165) is 47.2 Å². The summed E-state index contributed by atoms with van der Waals surface area (Å²) < 4.78 is 0. The molecular formula is C16H18N2OS. The largest absolute Gasteiger partial charge is 0.398 e. The zero-order valence-corrected chi connectivity index (χ0v) is 12.5. The molecule has 0 spiro atoms. The molecule has 104 valence electrons. The molecule has 0 amide bonds. The van der Waals surface area contributed by atoms with Crippen LogP contribution in [0.4, 0.5) is 5.69 Å². The van der Waals surface area contributed by atoms with Crippen molar-refractivity contribution in [1.82, 2.24) is 4.98 Å². The van der Waals surface area contributed by atoms with Crippen LogP contribution in [-0.2, 0) is 19.3 Å². The minimum absolute atomic E-state index is 0.0820. The number of aryl methyl sites for hydroxylation is 3. The monoisotopic (exact) mass is 286 g/mol. The Kier molecular flexibility index (Phi) is 2.64. The first kappa shape index (κ1) is 12.3. The van der Waals surface area contributed by atoms with Crippen molar-refractivity contribution in [2.24, 2.45) is 5.92 Å². The molecule has 1 atom stereocenters. The maximum Gasteiger partial charge on any atom is 0.169 e. The van der Waals surface area contributed by atoms with Crippen LogP contribution in [0.25, 0.3) is 10.2 Å². The summed E-state index contributed by atoms with van der Waals surface area (Å²) in [5.74, 6) is 0.271. The molecule has 0 aromatic carbocycles. The first-order valence-electron chi connectivity index (χ1n) is 7.43. The van der Waals surface area contributed by atoms with Crippen LogP contribution in [0, 0.1) is 5.92 Å². The van der Waals surface area contributed by atoms with Gasteiger partial charge in [-0.1, -0.05) is 6.92 Å². The van der Waals surface area contributed by atoms with E-state index in [1.165, 1.54) is 23.3 Å². The number of hydrogen-bond donors (Lipinski definition) is 1. The number of nitrogen functional groups attached to an aromatic ring is 1. The summed E-state index contributed by atoms with van der Waals surface area (Å²) in [6, 6.07) is 0. The molecule has 2 N–H and O–H groups in total. The van der Waals surface area contributed by atoms with Crippen molar-refractivity contribution in [1.29, 1.82) is 0 Å². The third kappa shape index (κ3) is 1.57. The summed E-state index contributed by atoms with van der Waals surface area (Å²) in [5, 5.41) is 1.09. The number of fused-ring (bicyclic) bond motifs is 4. The van der Waals surface area contributed by atoms with Gasteiger partial charge < -0.3 is 5.73 Å². The fourth-order valence-electron chi connectivity index (χ4n) is 3.55. The van der Waals surface area contributed by atoms with Crippen molar-refractivity contribution in [3.8, 4) is 0 Å². The predicted octanol–water partition coefficient (Wildman–Crippen LogP) is 3.52. The standard InChI is InChI=1S/C16H18N2OS/c1-8-6-7-10-13(15(8)19)14(17)12-9-4-2-3-5-11(9)20-16(12)18-10/h8H,2-7H2,1H3,(H2,17,18). The van der Waals surface area contributed by atoms with E-state index in [4.69, 9.17) is 10.7 Å². The molecule has 4 heteroatoms. The lowest BCUT2D eigenvalue weighted by atomic mass is 9.84. The number of nitrogens with zero attached hydrogens (tertiary/aromatic N) is 1. The highest BCUT2D eigenvalue weighted by Crippen LogP contribution is 2.42. The second-order valence-corrected chi connectivity index (χ2v) is 7.13. The zero-order valence-electron chi connectivity index (χ0n) is 11.7. The van der Waals surface area contributed by atoms with Gasteiger partial charge >= 0.3 is 0 Å². The van der Waals surface area contributed by atoms with Gasteiger partial charge in [-0.2, -0.15) is 0 Å². The SMILES string of the molecule is CC1CCc2nc3sc4c(c3c(N)c2C1=O)CCCC4. The highest BCUT2D eigenvalue weighted by molar-refractivity contribution is 7.19. The van der Waals surface area contributed by atoms with Crippen molar-refractivity contribution < 1.29 is 4.79 Å². The van der Waals surface area contributed by atoms with Crippen LogP contribution in [0.5, 0.6) is 0 Å². The van der Waals surface area contributed by atoms with Crippen LogP contribution in [0.2, 0.25) is 0 Å². The summed E-state index contributed by atoms with van der Waals surface area (Å²) in [7, 11) is 0. The fraction of sp³-hybridized carbons (Fsp3) is 0.500. The quantitative estimate of drug-likeness (QED) is 0.806. The van der Waals surface area contributed by atoms with Crippen LogP contribution in [0.1, 0.15) is 52.7 Å². The van der Waals surface area contributed by atoms with E-state index in [-0.39, 0.29) is 11.7 Å². The number of ketones is 1. The Hall–Kier alpha value is -1.42. The summed E-state index contributed by atoms with van der Waals surface area (Å²) >= 11 is 1.79. The van der Waals surface area contributed by atoms with E-state index >= 15 is 0 Å². The number of anilines is 1. The lowest BCUT2D eigenvalue weighted by Gasteiger charge is -2.21. The number of aromatic nitrogens is 1. The number of nitrogens with two attached hydrogens (primary N) is 1. The van der Waals surface area contributed by atoms with Gasteiger partial charge in [0, 0.05) is 16.2 Å². The van der Waals surface area contributed by atoms with Crippen LogP contribution in [-0.4, -0.2) is 10.8 Å². The number of Topliss-reactive ketones (excluding diaryl/α,β-unsaturated/α-hetero) is 1. The third-order valence-electron chi connectivity index (χ3n) is 4.72. The topological polar surface area (TPSA) is 56.0 Å². The highest BCUT2D eigenvalue weighted by Gasteiger charge is 2.30. The number of carbonyl (C=O) groups excluding carboxylic acids is 1. The molecule has 0 fully saturated rings. The van der Waals surface area contributed by atoms with Gasteiger partial charge in [0.1, 0.15) is 4.83 Å². The Labute approximate surface area is 122 Å². The minimum atomic E-state index is 0.0820. The van der Waals surface area contributed by atoms with Gasteiger partial charge in [0.2, 0.25) is 0 Å².